The highest BCUT2D eigenvalue weighted by molar-refractivity contribution is 7.78. The molecule has 0 spiro atoms. The predicted molar refractivity (Wildman–Crippen MR) is 36.8 cm³/mol. The number of isothiocyanates is 1. The number of nitrogens with zero attached hydrogens (tertiary/aromatic N) is 1. The van der Waals surface area contributed by atoms with Gasteiger partial charge < -0.3 is 4.74 Å². The van der Waals surface area contributed by atoms with E-state index in [1.54, 1.807) is 0 Å². The zero-order chi connectivity index (χ0) is 8.74. The zero-order valence-electron chi connectivity index (χ0n) is 5.52. The van der Waals surface area contributed by atoms with Crippen LogP contribution in [-0.4, -0.2) is 31.1 Å². The van der Waals surface area contributed by atoms with Gasteiger partial charge in [-0.2, -0.15) is 13.2 Å². The number of halogens is 3. The molecule has 0 aromatic carbocycles. The van der Waals surface area contributed by atoms with Crippen molar-refractivity contribution in [2.45, 2.75) is 6.18 Å². The number of hydrogen-bond acceptors (Lipinski definition) is 3. The lowest BCUT2D eigenvalue weighted by Gasteiger charge is -2.04. The van der Waals surface area contributed by atoms with Gasteiger partial charge in [0.25, 0.3) is 0 Å². The summed E-state index contributed by atoms with van der Waals surface area (Å²) in [6, 6.07) is 0. The van der Waals surface area contributed by atoms with Crippen molar-refractivity contribution in [3.63, 3.8) is 0 Å². The summed E-state index contributed by atoms with van der Waals surface area (Å²) in [7, 11) is 0. The molecule has 0 unspecified atom stereocenters. The molecule has 0 aromatic heterocycles. The SMILES string of the molecule is FC(F)(F)COCCN=C=S. The molecule has 0 rings (SSSR count). The molecule has 0 aromatic rings. The van der Waals surface area contributed by atoms with Gasteiger partial charge in [0.2, 0.25) is 0 Å². The second-order valence-corrected chi connectivity index (χ2v) is 1.82. The van der Waals surface area contributed by atoms with Crippen molar-refractivity contribution in [1.29, 1.82) is 0 Å². The lowest BCUT2D eigenvalue weighted by atomic mass is 10.7. The van der Waals surface area contributed by atoms with Crippen LogP contribution < -0.4 is 0 Å². The third-order valence-corrected chi connectivity index (χ3v) is 0.807. The minimum Gasteiger partial charge on any atom is -0.370 e. The Morgan fingerprint density at radius 1 is 1.45 bits per heavy atom. The van der Waals surface area contributed by atoms with Crippen LogP contribution in [0.25, 0.3) is 0 Å². The largest absolute Gasteiger partial charge is 0.411 e. The van der Waals surface area contributed by atoms with E-state index in [-0.39, 0.29) is 13.2 Å². The Morgan fingerprint density at radius 2 is 2.09 bits per heavy atom. The molecule has 6 heteroatoms. The number of thiocarbonyl (C=S) groups is 1. The third-order valence-electron chi connectivity index (χ3n) is 0.678. The number of ether oxygens (including phenoxy) is 1. The van der Waals surface area contributed by atoms with E-state index in [2.05, 4.69) is 21.9 Å². The molecule has 0 aliphatic rings. The topological polar surface area (TPSA) is 21.6 Å². The lowest BCUT2D eigenvalue weighted by molar-refractivity contribution is -0.173. The molecular weight excluding hydrogens is 179 g/mol. The molecule has 0 amide bonds. The van der Waals surface area contributed by atoms with E-state index in [4.69, 9.17) is 0 Å². The van der Waals surface area contributed by atoms with Crippen LogP contribution in [0.3, 0.4) is 0 Å². The highest BCUT2D eigenvalue weighted by Gasteiger charge is 2.26. The number of hydrogen-bond donors (Lipinski definition) is 0. The second-order valence-electron chi connectivity index (χ2n) is 1.64. The van der Waals surface area contributed by atoms with Crippen molar-refractivity contribution < 1.29 is 17.9 Å². The molecular formula is C5H6F3NOS. The van der Waals surface area contributed by atoms with E-state index in [0.717, 1.165) is 0 Å². The van der Waals surface area contributed by atoms with Crippen LogP contribution in [0, 0.1) is 0 Å². The molecule has 0 bridgehead atoms. The Kier molecular flexibility index (Phi) is 5.02. The standard InChI is InChI=1S/C5H6F3NOS/c6-5(7,8)3-10-2-1-9-4-11/h1-3H2. The molecule has 2 nitrogen and oxygen atoms in total. The molecule has 0 N–H and O–H groups in total. The van der Waals surface area contributed by atoms with Gasteiger partial charge in [-0.05, 0) is 12.2 Å². The van der Waals surface area contributed by atoms with Crippen LogP contribution in [0.4, 0.5) is 13.2 Å². The van der Waals surface area contributed by atoms with Crippen LogP contribution >= 0.6 is 12.2 Å². The van der Waals surface area contributed by atoms with Crippen molar-refractivity contribution in [1.82, 2.24) is 0 Å². The van der Waals surface area contributed by atoms with Crippen LogP contribution in [0.2, 0.25) is 0 Å². The number of aliphatic imine (C=N–C) groups is 1. The van der Waals surface area contributed by atoms with Crippen LogP contribution in [0.5, 0.6) is 0 Å². The highest BCUT2D eigenvalue weighted by Crippen LogP contribution is 2.13. The lowest BCUT2D eigenvalue weighted by Crippen LogP contribution is -2.17. The van der Waals surface area contributed by atoms with Crippen LogP contribution in [-0.2, 0) is 4.74 Å². The average Bonchev–Trinajstić information content (AvgIpc) is 1.85. The summed E-state index contributed by atoms with van der Waals surface area (Å²) in [5.41, 5.74) is 0. The van der Waals surface area contributed by atoms with Gasteiger partial charge in [-0.1, -0.05) is 0 Å². The molecule has 0 aliphatic heterocycles. The molecule has 0 radical (unpaired) electrons. The van der Waals surface area contributed by atoms with E-state index in [9.17, 15) is 13.2 Å². The van der Waals surface area contributed by atoms with Gasteiger partial charge in [0.1, 0.15) is 6.61 Å². The summed E-state index contributed by atoms with van der Waals surface area (Å²) in [5, 5.41) is 2.01. The molecule has 0 aliphatic carbocycles. The highest BCUT2D eigenvalue weighted by atomic mass is 32.1. The smallest absolute Gasteiger partial charge is 0.370 e. The summed E-state index contributed by atoms with van der Waals surface area (Å²) >= 11 is 4.18. The third kappa shape index (κ3) is 9.55. The molecule has 0 heterocycles. The van der Waals surface area contributed by atoms with Crippen molar-refractivity contribution in [3.05, 3.63) is 0 Å². The zero-order valence-corrected chi connectivity index (χ0v) is 6.34. The Balaban J connectivity index is 3.21. The maximum absolute atomic E-state index is 11.4. The Bertz CT molecular complexity index is 152. The van der Waals surface area contributed by atoms with E-state index in [0.29, 0.717) is 0 Å². The first-order valence-corrected chi connectivity index (χ1v) is 3.15. The molecule has 0 fully saturated rings. The summed E-state index contributed by atoms with van der Waals surface area (Å²) in [6.07, 6.45) is -4.26. The fourth-order valence-corrected chi connectivity index (χ4v) is 0.435. The minimum absolute atomic E-state index is 0.0802. The first kappa shape index (κ1) is 10.6. The fourth-order valence-electron chi connectivity index (χ4n) is 0.344. The average molecular weight is 185 g/mol. The Labute approximate surface area is 67.1 Å². The molecule has 0 saturated heterocycles. The van der Waals surface area contributed by atoms with Crippen LogP contribution in [0.15, 0.2) is 4.99 Å². The van der Waals surface area contributed by atoms with Gasteiger partial charge >= 0.3 is 6.18 Å². The van der Waals surface area contributed by atoms with Gasteiger partial charge in [-0.25, -0.2) is 4.99 Å². The summed E-state index contributed by atoms with van der Waals surface area (Å²) in [5.74, 6) is 0. The van der Waals surface area contributed by atoms with Gasteiger partial charge in [-0.15, -0.1) is 0 Å². The molecule has 0 saturated carbocycles. The van der Waals surface area contributed by atoms with Gasteiger partial charge in [0, 0.05) is 0 Å². The fraction of sp³-hybridized carbons (Fsp3) is 0.800. The maximum atomic E-state index is 11.4. The van der Waals surface area contributed by atoms with Crippen molar-refractivity contribution in [2.24, 2.45) is 4.99 Å². The first-order valence-electron chi connectivity index (χ1n) is 2.74. The van der Waals surface area contributed by atoms with E-state index in [1.165, 1.54) is 0 Å². The molecule has 11 heavy (non-hydrogen) atoms. The van der Waals surface area contributed by atoms with Crippen molar-refractivity contribution >= 4 is 17.4 Å². The Hall–Kier alpha value is -0.450. The predicted octanol–water partition coefficient (Wildman–Crippen LogP) is 1.67. The quantitative estimate of drug-likeness (QED) is 0.377. The minimum atomic E-state index is -4.26. The van der Waals surface area contributed by atoms with Crippen molar-refractivity contribution in [2.75, 3.05) is 19.8 Å². The number of rotatable bonds is 4. The monoisotopic (exact) mass is 185 g/mol. The number of alkyl halides is 3. The van der Waals surface area contributed by atoms with E-state index >= 15 is 0 Å². The van der Waals surface area contributed by atoms with E-state index in [1.807, 2.05) is 5.16 Å². The Morgan fingerprint density at radius 3 is 2.55 bits per heavy atom. The second kappa shape index (κ2) is 5.23. The first-order chi connectivity index (χ1) is 5.06. The van der Waals surface area contributed by atoms with E-state index < -0.39 is 12.8 Å². The van der Waals surface area contributed by atoms with Crippen molar-refractivity contribution in [3.8, 4) is 0 Å². The summed E-state index contributed by atoms with van der Waals surface area (Å²) in [6.45, 7) is -1.19. The molecule has 64 valence electrons. The van der Waals surface area contributed by atoms with Gasteiger partial charge in [-0.3, -0.25) is 0 Å². The van der Waals surface area contributed by atoms with Gasteiger partial charge in [0.15, 0.2) is 0 Å². The summed E-state index contributed by atoms with van der Waals surface area (Å²) in [4.78, 5) is 3.36. The summed E-state index contributed by atoms with van der Waals surface area (Å²) < 4.78 is 38.3. The van der Waals surface area contributed by atoms with Gasteiger partial charge in [0.05, 0.1) is 18.3 Å². The van der Waals surface area contributed by atoms with Crippen LogP contribution in [0.1, 0.15) is 0 Å². The molecule has 0 atom stereocenters. The normalized spacial score (nSPS) is 10.8. The maximum Gasteiger partial charge on any atom is 0.411 e.